The lowest BCUT2D eigenvalue weighted by Gasteiger charge is -2.26. The van der Waals surface area contributed by atoms with Gasteiger partial charge in [0, 0.05) is 26.2 Å². The second-order valence-electron chi connectivity index (χ2n) is 5.02. The molecule has 0 amide bonds. The van der Waals surface area contributed by atoms with Crippen molar-refractivity contribution in [1.29, 1.82) is 0 Å². The molecule has 1 saturated heterocycles. The zero-order valence-electron chi connectivity index (χ0n) is 12.2. The van der Waals surface area contributed by atoms with Gasteiger partial charge in [0.1, 0.15) is 5.75 Å². The summed E-state index contributed by atoms with van der Waals surface area (Å²) in [6, 6.07) is 4.25. The number of nitrogens with one attached hydrogen (secondary N) is 1. The maximum Gasteiger partial charge on any atom is 0.142 e. The Balaban J connectivity index is 1.89. The second-order valence-corrected chi connectivity index (χ2v) is 5.02. The summed E-state index contributed by atoms with van der Waals surface area (Å²) in [5, 5.41) is 3.47. The Morgan fingerprint density at radius 1 is 1.21 bits per heavy atom. The van der Waals surface area contributed by atoms with E-state index in [0.717, 1.165) is 50.8 Å². The molecule has 0 bridgehead atoms. The van der Waals surface area contributed by atoms with Gasteiger partial charge in [0.2, 0.25) is 0 Å². The van der Waals surface area contributed by atoms with Crippen LogP contribution in [0.2, 0.25) is 0 Å². The Morgan fingerprint density at radius 2 is 1.89 bits per heavy atom. The number of methoxy groups -OCH3 is 1. The van der Waals surface area contributed by atoms with Crippen molar-refractivity contribution in [1.82, 2.24) is 4.90 Å². The molecule has 0 unspecified atom stereocenters. The summed E-state index contributed by atoms with van der Waals surface area (Å²) in [5.41, 5.74) is 3.63. The summed E-state index contributed by atoms with van der Waals surface area (Å²) in [6.45, 7) is 9.98. The second kappa shape index (κ2) is 6.78. The molecule has 0 radical (unpaired) electrons. The van der Waals surface area contributed by atoms with Crippen LogP contribution in [-0.2, 0) is 4.74 Å². The first-order chi connectivity index (χ1) is 9.20. The first-order valence-corrected chi connectivity index (χ1v) is 6.90. The highest BCUT2D eigenvalue weighted by atomic mass is 16.5. The molecular weight excluding hydrogens is 240 g/mol. The van der Waals surface area contributed by atoms with Gasteiger partial charge >= 0.3 is 0 Å². The molecule has 4 nitrogen and oxygen atoms in total. The number of hydrogen-bond acceptors (Lipinski definition) is 4. The van der Waals surface area contributed by atoms with Crippen LogP contribution in [0.3, 0.4) is 0 Å². The number of morpholine rings is 1. The highest BCUT2D eigenvalue weighted by Gasteiger charge is 2.10. The topological polar surface area (TPSA) is 33.7 Å². The third-order valence-electron chi connectivity index (χ3n) is 3.66. The van der Waals surface area contributed by atoms with Crippen molar-refractivity contribution < 1.29 is 9.47 Å². The molecule has 1 fully saturated rings. The third-order valence-corrected chi connectivity index (χ3v) is 3.66. The normalized spacial score (nSPS) is 16.4. The minimum absolute atomic E-state index is 0.854. The van der Waals surface area contributed by atoms with Crippen LogP contribution in [-0.4, -0.2) is 51.4 Å². The SMILES string of the molecule is COc1cc(C)c(C)cc1NCCN1CCOCC1. The Bertz CT molecular complexity index is 415. The number of anilines is 1. The summed E-state index contributed by atoms with van der Waals surface area (Å²) < 4.78 is 10.8. The minimum atomic E-state index is 0.854. The minimum Gasteiger partial charge on any atom is -0.495 e. The number of hydrogen-bond donors (Lipinski definition) is 1. The van der Waals surface area contributed by atoms with Gasteiger partial charge in [-0.05, 0) is 37.1 Å². The summed E-state index contributed by atoms with van der Waals surface area (Å²) in [4.78, 5) is 2.42. The van der Waals surface area contributed by atoms with Gasteiger partial charge < -0.3 is 14.8 Å². The summed E-state index contributed by atoms with van der Waals surface area (Å²) >= 11 is 0. The van der Waals surface area contributed by atoms with Gasteiger partial charge in [-0.15, -0.1) is 0 Å². The number of rotatable bonds is 5. The Hall–Kier alpha value is -1.26. The molecule has 4 heteroatoms. The fourth-order valence-corrected chi connectivity index (χ4v) is 2.27. The monoisotopic (exact) mass is 264 g/mol. The molecule has 0 aromatic heterocycles. The lowest BCUT2D eigenvalue weighted by atomic mass is 10.1. The Kier molecular flexibility index (Phi) is 5.05. The first kappa shape index (κ1) is 14.2. The average Bonchev–Trinajstić information content (AvgIpc) is 2.43. The highest BCUT2D eigenvalue weighted by molar-refractivity contribution is 5.60. The van der Waals surface area contributed by atoms with Gasteiger partial charge in [-0.25, -0.2) is 0 Å². The Morgan fingerprint density at radius 3 is 2.58 bits per heavy atom. The molecule has 19 heavy (non-hydrogen) atoms. The molecule has 1 N–H and O–H groups in total. The molecule has 1 aromatic rings. The summed E-state index contributed by atoms with van der Waals surface area (Å²) in [6.07, 6.45) is 0. The maximum atomic E-state index is 5.43. The van der Waals surface area contributed by atoms with Crippen molar-refractivity contribution in [3.63, 3.8) is 0 Å². The first-order valence-electron chi connectivity index (χ1n) is 6.90. The predicted molar refractivity (Wildman–Crippen MR) is 78.2 cm³/mol. The van der Waals surface area contributed by atoms with Gasteiger partial charge in [0.05, 0.1) is 26.0 Å². The predicted octanol–water partition coefficient (Wildman–Crippen LogP) is 2.06. The van der Waals surface area contributed by atoms with E-state index >= 15 is 0 Å². The molecule has 0 atom stereocenters. The molecule has 1 aliphatic heterocycles. The van der Waals surface area contributed by atoms with Crippen LogP contribution in [0.5, 0.6) is 5.75 Å². The molecule has 0 saturated carbocycles. The van der Waals surface area contributed by atoms with Crippen molar-refractivity contribution in [2.45, 2.75) is 13.8 Å². The lowest BCUT2D eigenvalue weighted by molar-refractivity contribution is 0.0398. The summed E-state index contributed by atoms with van der Waals surface area (Å²) in [5.74, 6) is 0.921. The van der Waals surface area contributed by atoms with Gasteiger partial charge in [-0.3, -0.25) is 4.90 Å². The van der Waals surface area contributed by atoms with Crippen molar-refractivity contribution in [2.75, 3.05) is 51.8 Å². The molecule has 106 valence electrons. The number of ether oxygens (including phenoxy) is 2. The molecule has 2 rings (SSSR count). The van der Waals surface area contributed by atoms with E-state index in [-0.39, 0.29) is 0 Å². The third kappa shape index (κ3) is 3.85. The fraction of sp³-hybridized carbons (Fsp3) is 0.600. The van der Waals surface area contributed by atoms with Crippen molar-refractivity contribution in [2.24, 2.45) is 0 Å². The Labute approximate surface area is 115 Å². The fourth-order valence-electron chi connectivity index (χ4n) is 2.27. The van der Waals surface area contributed by atoms with E-state index in [2.05, 4.69) is 36.2 Å². The van der Waals surface area contributed by atoms with E-state index in [1.54, 1.807) is 7.11 Å². The van der Waals surface area contributed by atoms with E-state index in [9.17, 15) is 0 Å². The lowest BCUT2D eigenvalue weighted by Crippen LogP contribution is -2.39. The van der Waals surface area contributed by atoms with Crippen molar-refractivity contribution in [3.8, 4) is 5.75 Å². The van der Waals surface area contributed by atoms with Gasteiger partial charge in [-0.1, -0.05) is 0 Å². The van der Waals surface area contributed by atoms with E-state index < -0.39 is 0 Å². The van der Waals surface area contributed by atoms with Gasteiger partial charge in [-0.2, -0.15) is 0 Å². The molecule has 1 aromatic carbocycles. The van der Waals surface area contributed by atoms with Crippen LogP contribution < -0.4 is 10.1 Å². The number of aryl methyl sites for hydroxylation is 2. The number of nitrogens with zero attached hydrogens (tertiary/aromatic N) is 1. The van der Waals surface area contributed by atoms with Crippen LogP contribution in [0.15, 0.2) is 12.1 Å². The molecular formula is C15H24N2O2. The smallest absolute Gasteiger partial charge is 0.142 e. The van der Waals surface area contributed by atoms with E-state index in [1.807, 2.05) is 0 Å². The van der Waals surface area contributed by atoms with Gasteiger partial charge in [0.25, 0.3) is 0 Å². The zero-order valence-corrected chi connectivity index (χ0v) is 12.2. The standard InChI is InChI=1S/C15H24N2O2/c1-12-10-14(15(18-3)11-13(12)2)16-4-5-17-6-8-19-9-7-17/h10-11,16H,4-9H2,1-3H3. The number of benzene rings is 1. The van der Waals surface area contributed by atoms with Crippen LogP contribution in [0.25, 0.3) is 0 Å². The highest BCUT2D eigenvalue weighted by Crippen LogP contribution is 2.27. The van der Waals surface area contributed by atoms with Crippen LogP contribution in [0.1, 0.15) is 11.1 Å². The molecule has 1 heterocycles. The molecule has 0 spiro atoms. The van der Waals surface area contributed by atoms with Crippen LogP contribution >= 0.6 is 0 Å². The zero-order chi connectivity index (χ0) is 13.7. The average molecular weight is 264 g/mol. The summed E-state index contributed by atoms with van der Waals surface area (Å²) in [7, 11) is 1.72. The van der Waals surface area contributed by atoms with Crippen LogP contribution in [0.4, 0.5) is 5.69 Å². The molecule has 1 aliphatic rings. The largest absolute Gasteiger partial charge is 0.495 e. The van der Waals surface area contributed by atoms with E-state index in [4.69, 9.17) is 9.47 Å². The molecule has 0 aliphatic carbocycles. The van der Waals surface area contributed by atoms with Crippen LogP contribution in [0, 0.1) is 13.8 Å². The maximum absolute atomic E-state index is 5.43. The van der Waals surface area contributed by atoms with Crippen molar-refractivity contribution in [3.05, 3.63) is 23.3 Å². The van der Waals surface area contributed by atoms with E-state index in [0.29, 0.717) is 0 Å². The van der Waals surface area contributed by atoms with E-state index in [1.165, 1.54) is 11.1 Å². The van der Waals surface area contributed by atoms with Crippen molar-refractivity contribution >= 4 is 5.69 Å². The van der Waals surface area contributed by atoms with Gasteiger partial charge in [0.15, 0.2) is 0 Å². The quantitative estimate of drug-likeness (QED) is 0.882.